The topological polar surface area (TPSA) is 67.6 Å². The summed E-state index contributed by atoms with van der Waals surface area (Å²) in [5, 5.41) is 0. The number of hydrogen-bond donors (Lipinski definition) is 2. The Labute approximate surface area is 76.9 Å². The van der Waals surface area contributed by atoms with Crippen LogP contribution in [0.3, 0.4) is 0 Å². The highest BCUT2D eigenvalue weighted by atomic mass is 15.2. The fraction of sp³-hybridized carbons (Fsp3) is 0.222. The molecule has 1 unspecified atom stereocenters. The number of anilines is 1. The first-order chi connectivity index (χ1) is 6.18. The summed E-state index contributed by atoms with van der Waals surface area (Å²) in [6.45, 7) is 0. The summed E-state index contributed by atoms with van der Waals surface area (Å²) in [6, 6.07) is 5.58. The molecule has 1 atom stereocenters. The highest BCUT2D eigenvalue weighted by molar-refractivity contribution is 5.69. The standard InChI is InChI=1S/C9H12N4/c1-13-5-12-8-3-2-6(10)4-7(8)9(13)11/h2-5,9H,10-11H2,1H3. The van der Waals surface area contributed by atoms with Crippen LogP contribution in [0.4, 0.5) is 11.4 Å². The van der Waals surface area contributed by atoms with Crippen molar-refractivity contribution in [3.05, 3.63) is 23.8 Å². The van der Waals surface area contributed by atoms with Gasteiger partial charge in [0.25, 0.3) is 0 Å². The minimum Gasteiger partial charge on any atom is -0.399 e. The van der Waals surface area contributed by atoms with Crippen LogP contribution in [0, 0.1) is 0 Å². The number of hydrogen-bond acceptors (Lipinski definition) is 4. The Morgan fingerprint density at radius 2 is 2.23 bits per heavy atom. The van der Waals surface area contributed by atoms with Gasteiger partial charge in [-0.05, 0) is 18.2 Å². The molecule has 1 aromatic carbocycles. The zero-order valence-corrected chi connectivity index (χ0v) is 7.44. The number of benzene rings is 1. The van der Waals surface area contributed by atoms with Crippen molar-refractivity contribution in [2.75, 3.05) is 12.8 Å². The summed E-state index contributed by atoms with van der Waals surface area (Å²) >= 11 is 0. The van der Waals surface area contributed by atoms with Gasteiger partial charge in [0, 0.05) is 18.3 Å². The summed E-state index contributed by atoms with van der Waals surface area (Å²) in [5.41, 5.74) is 14.2. The summed E-state index contributed by atoms with van der Waals surface area (Å²) in [6.07, 6.45) is 1.58. The number of nitrogens with zero attached hydrogens (tertiary/aromatic N) is 2. The Kier molecular flexibility index (Phi) is 1.70. The zero-order chi connectivity index (χ0) is 9.42. The minimum atomic E-state index is -0.143. The fourth-order valence-corrected chi connectivity index (χ4v) is 1.37. The Bertz CT molecular complexity index is 359. The monoisotopic (exact) mass is 176 g/mol. The molecule has 0 saturated carbocycles. The molecule has 0 aromatic heterocycles. The quantitative estimate of drug-likeness (QED) is 0.575. The van der Waals surface area contributed by atoms with E-state index in [2.05, 4.69) is 4.99 Å². The summed E-state index contributed by atoms with van der Waals surface area (Å²) in [4.78, 5) is 6.08. The van der Waals surface area contributed by atoms with Crippen LogP contribution >= 0.6 is 0 Å². The van der Waals surface area contributed by atoms with E-state index >= 15 is 0 Å². The second kappa shape index (κ2) is 2.74. The maximum Gasteiger partial charge on any atom is 0.106 e. The molecule has 1 aliphatic heterocycles. The second-order valence-electron chi connectivity index (χ2n) is 3.17. The third-order valence-corrected chi connectivity index (χ3v) is 2.19. The van der Waals surface area contributed by atoms with Gasteiger partial charge in [-0.25, -0.2) is 4.99 Å². The van der Waals surface area contributed by atoms with Gasteiger partial charge in [0.05, 0.1) is 12.0 Å². The van der Waals surface area contributed by atoms with Crippen LogP contribution in [0.2, 0.25) is 0 Å². The number of nitrogen functional groups attached to an aromatic ring is 1. The van der Waals surface area contributed by atoms with Crippen LogP contribution in [0.15, 0.2) is 23.2 Å². The largest absolute Gasteiger partial charge is 0.399 e. The molecule has 0 saturated heterocycles. The lowest BCUT2D eigenvalue weighted by molar-refractivity contribution is 0.391. The van der Waals surface area contributed by atoms with Crippen LogP contribution in [0.1, 0.15) is 11.7 Å². The average molecular weight is 176 g/mol. The van der Waals surface area contributed by atoms with E-state index in [0.29, 0.717) is 0 Å². The third-order valence-electron chi connectivity index (χ3n) is 2.19. The van der Waals surface area contributed by atoms with Crippen molar-refractivity contribution in [1.29, 1.82) is 0 Å². The first-order valence-corrected chi connectivity index (χ1v) is 4.09. The first kappa shape index (κ1) is 8.07. The molecule has 1 aromatic rings. The van der Waals surface area contributed by atoms with Crippen molar-refractivity contribution in [3.8, 4) is 0 Å². The van der Waals surface area contributed by atoms with Crippen molar-refractivity contribution in [2.24, 2.45) is 10.7 Å². The predicted molar refractivity (Wildman–Crippen MR) is 53.7 cm³/mol. The van der Waals surface area contributed by atoms with E-state index in [9.17, 15) is 0 Å². The molecule has 0 amide bonds. The minimum absolute atomic E-state index is 0.143. The van der Waals surface area contributed by atoms with Crippen molar-refractivity contribution >= 4 is 17.7 Å². The molecule has 4 nitrogen and oxygen atoms in total. The molecule has 68 valence electrons. The van der Waals surface area contributed by atoms with Gasteiger partial charge >= 0.3 is 0 Å². The second-order valence-corrected chi connectivity index (χ2v) is 3.17. The molecule has 13 heavy (non-hydrogen) atoms. The molecule has 0 bridgehead atoms. The van der Waals surface area contributed by atoms with E-state index in [-0.39, 0.29) is 6.17 Å². The SMILES string of the molecule is CN1C=Nc2ccc(N)cc2C1N. The number of nitrogens with two attached hydrogens (primary N) is 2. The van der Waals surface area contributed by atoms with Gasteiger partial charge in [-0.3, -0.25) is 0 Å². The van der Waals surface area contributed by atoms with E-state index in [1.54, 1.807) is 6.34 Å². The lowest BCUT2D eigenvalue weighted by Gasteiger charge is -2.27. The maximum absolute atomic E-state index is 5.94. The molecule has 0 aliphatic carbocycles. The third kappa shape index (κ3) is 1.25. The first-order valence-electron chi connectivity index (χ1n) is 4.09. The molecule has 0 spiro atoms. The van der Waals surface area contributed by atoms with E-state index in [4.69, 9.17) is 11.5 Å². The fourth-order valence-electron chi connectivity index (χ4n) is 1.37. The molecule has 0 radical (unpaired) electrons. The smallest absolute Gasteiger partial charge is 0.106 e. The van der Waals surface area contributed by atoms with E-state index in [1.165, 1.54) is 0 Å². The highest BCUT2D eigenvalue weighted by Crippen LogP contribution is 2.30. The Hall–Kier alpha value is -1.55. The average Bonchev–Trinajstić information content (AvgIpc) is 2.12. The van der Waals surface area contributed by atoms with E-state index in [0.717, 1.165) is 16.9 Å². The maximum atomic E-state index is 5.94. The predicted octanol–water partition coefficient (Wildman–Crippen LogP) is 0.831. The molecule has 4 heteroatoms. The molecule has 1 heterocycles. The Balaban J connectivity index is 2.54. The lowest BCUT2D eigenvalue weighted by Crippen LogP contribution is -2.32. The number of aliphatic imine (C=N–C) groups is 1. The van der Waals surface area contributed by atoms with Crippen LogP contribution in [0.25, 0.3) is 0 Å². The van der Waals surface area contributed by atoms with Crippen LogP contribution in [0.5, 0.6) is 0 Å². The van der Waals surface area contributed by atoms with Gasteiger partial charge in [0.15, 0.2) is 0 Å². The van der Waals surface area contributed by atoms with Gasteiger partial charge in [-0.1, -0.05) is 0 Å². The van der Waals surface area contributed by atoms with Crippen LogP contribution in [-0.2, 0) is 0 Å². The van der Waals surface area contributed by atoms with Crippen molar-refractivity contribution < 1.29 is 0 Å². The van der Waals surface area contributed by atoms with Gasteiger partial charge in [0.1, 0.15) is 6.17 Å². The molecule has 1 aliphatic rings. The van der Waals surface area contributed by atoms with E-state index in [1.807, 2.05) is 30.1 Å². The van der Waals surface area contributed by atoms with Gasteiger partial charge in [-0.15, -0.1) is 0 Å². The highest BCUT2D eigenvalue weighted by Gasteiger charge is 2.17. The van der Waals surface area contributed by atoms with Crippen LogP contribution in [-0.4, -0.2) is 18.3 Å². The van der Waals surface area contributed by atoms with Crippen LogP contribution < -0.4 is 11.5 Å². The lowest BCUT2D eigenvalue weighted by atomic mass is 10.1. The Morgan fingerprint density at radius 3 is 3.00 bits per heavy atom. The van der Waals surface area contributed by atoms with Crippen molar-refractivity contribution in [1.82, 2.24) is 4.90 Å². The van der Waals surface area contributed by atoms with E-state index < -0.39 is 0 Å². The van der Waals surface area contributed by atoms with Gasteiger partial charge < -0.3 is 16.4 Å². The molecule has 4 N–H and O–H groups in total. The Morgan fingerprint density at radius 1 is 1.46 bits per heavy atom. The summed E-state index contributed by atoms with van der Waals surface area (Å²) in [5.74, 6) is 0. The molecular formula is C9H12N4. The molecular weight excluding hydrogens is 164 g/mol. The number of fused-ring (bicyclic) bond motifs is 1. The number of rotatable bonds is 0. The van der Waals surface area contributed by atoms with Gasteiger partial charge in [0.2, 0.25) is 0 Å². The van der Waals surface area contributed by atoms with Gasteiger partial charge in [-0.2, -0.15) is 0 Å². The van der Waals surface area contributed by atoms with Crippen molar-refractivity contribution in [2.45, 2.75) is 6.17 Å². The normalized spacial score (nSPS) is 20.2. The van der Waals surface area contributed by atoms with Crippen molar-refractivity contribution in [3.63, 3.8) is 0 Å². The summed E-state index contributed by atoms with van der Waals surface area (Å²) in [7, 11) is 1.89. The molecule has 2 rings (SSSR count). The molecule has 0 fully saturated rings. The summed E-state index contributed by atoms with van der Waals surface area (Å²) < 4.78 is 0. The zero-order valence-electron chi connectivity index (χ0n) is 7.44.